The summed E-state index contributed by atoms with van der Waals surface area (Å²) in [4.78, 5) is 24.8. The molecular weight excluding hydrogens is 364 g/mol. The van der Waals surface area contributed by atoms with Crippen LogP contribution in [0.3, 0.4) is 0 Å². The predicted molar refractivity (Wildman–Crippen MR) is 113 cm³/mol. The van der Waals surface area contributed by atoms with Gasteiger partial charge in [-0.05, 0) is 61.4 Å². The number of aromatic nitrogens is 5. The van der Waals surface area contributed by atoms with Crippen LogP contribution in [0.5, 0.6) is 0 Å². The topological polar surface area (TPSA) is 99.3 Å². The summed E-state index contributed by atoms with van der Waals surface area (Å²) >= 11 is 0. The summed E-state index contributed by atoms with van der Waals surface area (Å²) in [6.07, 6.45) is 3.49. The first-order valence-electron chi connectivity index (χ1n) is 9.25. The predicted octanol–water partition coefficient (Wildman–Crippen LogP) is 4.37. The number of aromatic amines is 2. The summed E-state index contributed by atoms with van der Waals surface area (Å²) in [5.74, 6) is -0.259. The zero-order valence-electron chi connectivity index (χ0n) is 15.9. The molecule has 3 N–H and O–H groups in total. The Bertz CT molecular complexity index is 1380. The Balaban J connectivity index is 1.63. The minimum absolute atomic E-state index is 0.259. The average molecular weight is 382 g/mol. The van der Waals surface area contributed by atoms with Crippen molar-refractivity contribution in [2.45, 2.75) is 13.8 Å². The van der Waals surface area contributed by atoms with Gasteiger partial charge >= 0.3 is 0 Å². The standard InChI is InChI=1S/C22H18N6O/c1-12-4-3-5-18(25-12)22(29)27-19-9-14(10-20-17(19)11-24-28-20)15-6-7-23-21-16(15)8-13(2)26-21/h3-11H,1-2H3,(H,23,26)(H,24,28)(H,27,29). The molecule has 0 aliphatic heterocycles. The first-order chi connectivity index (χ1) is 14.1. The highest BCUT2D eigenvalue weighted by atomic mass is 16.1. The van der Waals surface area contributed by atoms with Gasteiger partial charge in [0.05, 0.1) is 17.4 Å². The van der Waals surface area contributed by atoms with E-state index in [2.05, 4.69) is 36.5 Å². The third-order valence-electron chi connectivity index (χ3n) is 4.91. The number of amides is 1. The molecule has 0 unspecified atom stereocenters. The third kappa shape index (κ3) is 3.02. The molecule has 1 aromatic carbocycles. The van der Waals surface area contributed by atoms with Crippen molar-refractivity contribution in [2.75, 3.05) is 5.32 Å². The molecule has 0 saturated carbocycles. The third-order valence-corrected chi connectivity index (χ3v) is 4.91. The number of nitrogens with one attached hydrogen (secondary N) is 3. The van der Waals surface area contributed by atoms with E-state index < -0.39 is 0 Å². The molecule has 0 aliphatic rings. The van der Waals surface area contributed by atoms with Crippen molar-refractivity contribution in [1.82, 2.24) is 25.1 Å². The van der Waals surface area contributed by atoms with E-state index >= 15 is 0 Å². The second kappa shape index (κ2) is 6.56. The Morgan fingerprint density at radius 3 is 2.83 bits per heavy atom. The number of benzene rings is 1. The molecule has 0 radical (unpaired) electrons. The van der Waals surface area contributed by atoms with Crippen LogP contribution in [0.4, 0.5) is 5.69 Å². The molecule has 0 atom stereocenters. The van der Waals surface area contributed by atoms with Crippen LogP contribution < -0.4 is 5.32 Å². The number of rotatable bonds is 3. The van der Waals surface area contributed by atoms with Crippen molar-refractivity contribution in [3.8, 4) is 11.1 Å². The summed E-state index contributed by atoms with van der Waals surface area (Å²) in [5.41, 5.74) is 6.55. The van der Waals surface area contributed by atoms with Crippen molar-refractivity contribution in [2.24, 2.45) is 0 Å². The number of fused-ring (bicyclic) bond motifs is 2. The van der Waals surface area contributed by atoms with Crippen LogP contribution in [0.15, 0.2) is 54.9 Å². The maximum absolute atomic E-state index is 12.8. The lowest BCUT2D eigenvalue weighted by molar-refractivity contribution is 0.102. The lowest BCUT2D eigenvalue weighted by Gasteiger charge is -2.10. The Kier molecular flexibility index (Phi) is 3.87. The van der Waals surface area contributed by atoms with E-state index in [-0.39, 0.29) is 5.91 Å². The molecule has 5 rings (SSSR count). The van der Waals surface area contributed by atoms with Gasteiger partial charge in [-0.3, -0.25) is 9.89 Å². The Hall–Kier alpha value is -4.00. The largest absolute Gasteiger partial charge is 0.344 e. The molecule has 0 aliphatic carbocycles. The fourth-order valence-electron chi connectivity index (χ4n) is 3.58. The van der Waals surface area contributed by atoms with Crippen LogP contribution in [0.1, 0.15) is 21.9 Å². The van der Waals surface area contributed by atoms with Crippen LogP contribution in [-0.4, -0.2) is 31.1 Å². The lowest BCUT2D eigenvalue weighted by Crippen LogP contribution is -2.14. The summed E-state index contributed by atoms with van der Waals surface area (Å²) in [6.45, 7) is 3.86. The average Bonchev–Trinajstić information content (AvgIpc) is 3.33. The van der Waals surface area contributed by atoms with Crippen LogP contribution >= 0.6 is 0 Å². The fraction of sp³-hybridized carbons (Fsp3) is 0.0909. The molecule has 29 heavy (non-hydrogen) atoms. The van der Waals surface area contributed by atoms with E-state index in [1.165, 1.54) is 0 Å². The molecule has 1 amide bonds. The fourth-order valence-corrected chi connectivity index (χ4v) is 3.58. The molecular formula is C22H18N6O. The van der Waals surface area contributed by atoms with E-state index in [0.29, 0.717) is 11.4 Å². The first-order valence-corrected chi connectivity index (χ1v) is 9.25. The number of hydrogen-bond donors (Lipinski definition) is 3. The number of carbonyl (C=O) groups is 1. The van der Waals surface area contributed by atoms with Gasteiger partial charge in [0.25, 0.3) is 5.91 Å². The lowest BCUT2D eigenvalue weighted by atomic mass is 10.0. The van der Waals surface area contributed by atoms with Gasteiger partial charge < -0.3 is 10.3 Å². The molecule has 0 bridgehead atoms. The van der Waals surface area contributed by atoms with Crippen molar-refractivity contribution in [3.63, 3.8) is 0 Å². The Labute approximate surface area is 166 Å². The van der Waals surface area contributed by atoms with Gasteiger partial charge in [-0.1, -0.05) is 6.07 Å². The van der Waals surface area contributed by atoms with E-state index in [4.69, 9.17) is 0 Å². The summed E-state index contributed by atoms with van der Waals surface area (Å²) in [5, 5.41) is 12.0. The zero-order chi connectivity index (χ0) is 20.0. The molecule has 142 valence electrons. The van der Waals surface area contributed by atoms with Crippen molar-refractivity contribution >= 4 is 33.5 Å². The molecule has 0 saturated heterocycles. The Morgan fingerprint density at radius 2 is 1.97 bits per heavy atom. The van der Waals surface area contributed by atoms with Crippen molar-refractivity contribution in [1.29, 1.82) is 0 Å². The number of hydrogen-bond acceptors (Lipinski definition) is 4. The van der Waals surface area contributed by atoms with Crippen molar-refractivity contribution < 1.29 is 4.79 Å². The molecule has 4 aromatic heterocycles. The first kappa shape index (κ1) is 17.1. The molecule has 0 fully saturated rings. The summed E-state index contributed by atoms with van der Waals surface area (Å²) in [7, 11) is 0. The van der Waals surface area contributed by atoms with Gasteiger partial charge in [-0.15, -0.1) is 0 Å². The smallest absolute Gasteiger partial charge is 0.274 e. The van der Waals surface area contributed by atoms with Gasteiger partial charge in [0.15, 0.2) is 0 Å². The van der Waals surface area contributed by atoms with Gasteiger partial charge in [-0.25, -0.2) is 9.97 Å². The van der Waals surface area contributed by atoms with Crippen LogP contribution in [0.25, 0.3) is 33.1 Å². The van der Waals surface area contributed by atoms with E-state index in [9.17, 15) is 4.79 Å². The highest BCUT2D eigenvalue weighted by Gasteiger charge is 2.15. The second-order valence-electron chi connectivity index (χ2n) is 7.05. The highest BCUT2D eigenvalue weighted by Crippen LogP contribution is 2.34. The minimum atomic E-state index is -0.259. The summed E-state index contributed by atoms with van der Waals surface area (Å²) in [6, 6.07) is 13.4. The number of nitrogens with zero attached hydrogens (tertiary/aromatic N) is 3. The van der Waals surface area contributed by atoms with Crippen LogP contribution in [0.2, 0.25) is 0 Å². The van der Waals surface area contributed by atoms with Gasteiger partial charge in [0.1, 0.15) is 11.3 Å². The number of pyridine rings is 2. The molecule has 0 spiro atoms. The van der Waals surface area contributed by atoms with E-state index in [0.717, 1.165) is 44.5 Å². The SMILES string of the molecule is Cc1cccc(C(=O)Nc2cc(-c3ccnc4[nH]c(C)cc34)cc3[nH]ncc23)n1. The molecule has 7 heteroatoms. The number of aryl methyl sites for hydroxylation is 2. The quantitative estimate of drug-likeness (QED) is 0.431. The van der Waals surface area contributed by atoms with Crippen LogP contribution in [0, 0.1) is 13.8 Å². The molecule has 4 heterocycles. The monoisotopic (exact) mass is 382 g/mol. The molecule has 7 nitrogen and oxygen atoms in total. The number of carbonyl (C=O) groups excluding carboxylic acids is 1. The normalized spacial score (nSPS) is 11.2. The number of anilines is 1. The van der Waals surface area contributed by atoms with Gasteiger partial charge in [0, 0.05) is 28.4 Å². The van der Waals surface area contributed by atoms with Crippen LogP contribution in [-0.2, 0) is 0 Å². The number of H-pyrrole nitrogens is 2. The Morgan fingerprint density at radius 1 is 1.07 bits per heavy atom. The zero-order valence-corrected chi connectivity index (χ0v) is 15.9. The maximum Gasteiger partial charge on any atom is 0.274 e. The van der Waals surface area contributed by atoms with E-state index in [1.807, 2.05) is 44.2 Å². The van der Waals surface area contributed by atoms with Crippen molar-refractivity contribution in [3.05, 3.63) is 71.9 Å². The van der Waals surface area contributed by atoms with Gasteiger partial charge in [-0.2, -0.15) is 5.10 Å². The second-order valence-corrected chi connectivity index (χ2v) is 7.05. The maximum atomic E-state index is 12.8. The van der Waals surface area contributed by atoms with E-state index in [1.54, 1.807) is 18.5 Å². The summed E-state index contributed by atoms with van der Waals surface area (Å²) < 4.78 is 0. The van der Waals surface area contributed by atoms with Gasteiger partial charge in [0.2, 0.25) is 0 Å². The minimum Gasteiger partial charge on any atom is -0.344 e. The highest BCUT2D eigenvalue weighted by molar-refractivity contribution is 6.09. The molecule has 5 aromatic rings.